The molecule has 2 aromatic rings. The van der Waals surface area contributed by atoms with Crippen LogP contribution in [0, 0.1) is 6.92 Å². The summed E-state index contributed by atoms with van der Waals surface area (Å²) in [6, 6.07) is 14.5. The lowest BCUT2D eigenvalue weighted by atomic mass is 10.2. The number of amides is 1. The maximum absolute atomic E-state index is 11.8. The summed E-state index contributed by atoms with van der Waals surface area (Å²) in [5, 5.41) is 2.69. The molecule has 0 aliphatic rings. The number of carbonyl (C=O) groups excluding carboxylic acids is 2. The van der Waals surface area contributed by atoms with Crippen LogP contribution in [-0.4, -0.2) is 24.7 Å². The second kappa shape index (κ2) is 7.66. The Bertz CT molecular complexity index is 668. The molecule has 2 aromatic carbocycles. The maximum Gasteiger partial charge on any atom is 0.338 e. The molecule has 0 bridgehead atoms. The van der Waals surface area contributed by atoms with Crippen LogP contribution >= 0.6 is 11.8 Å². The average molecular weight is 315 g/mol. The van der Waals surface area contributed by atoms with Gasteiger partial charge in [0.2, 0.25) is 0 Å². The topological polar surface area (TPSA) is 55.4 Å². The quantitative estimate of drug-likeness (QED) is 0.677. The van der Waals surface area contributed by atoms with E-state index in [4.69, 9.17) is 4.74 Å². The summed E-state index contributed by atoms with van der Waals surface area (Å²) in [5.74, 6) is -0.869. The standard InChI is InChI=1S/C17H17NO3S/c1-12-4-3-5-14(10-12)18-16(19)11-21-17(20)13-6-8-15(22-2)9-7-13/h3-10H,11H2,1-2H3,(H,18,19). The van der Waals surface area contributed by atoms with E-state index in [1.165, 1.54) is 0 Å². The molecule has 5 heteroatoms. The minimum absolute atomic E-state index is 0.308. The number of hydrogen-bond donors (Lipinski definition) is 1. The number of nitrogens with one attached hydrogen (secondary N) is 1. The van der Waals surface area contributed by atoms with Gasteiger partial charge < -0.3 is 10.1 Å². The monoisotopic (exact) mass is 315 g/mol. The fourth-order valence-electron chi connectivity index (χ4n) is 1.86. The lowest BCUT2D eigenvalue weighted by molar-refractivity contribution is -0.119. The minimum Gasteiger partial charge on any atom is -0.452 e. The first-order valence-electron chi connectivity index (χ1n) is 6.76. The number of anilines is 1. The number of benzene rings is 2. The predicted molar refractivity (Wildman–Crippen MR) is 88.3 cm³/mol. The number of esters is 1. The smallest absolute Gasteiger partial charge is 0.338 e. The van der Waals surface area contributed by atoms with Gasteiger partial charge in [-0.05, 0) is 55.1 Å². The Balaban J connectivity index is 1.86. The molecule has 0 aliphatic carbocycles. The second-order valence-corrected chi connectivity index (χ2v) is 5.60. The summed E-state index contributed by atoms with van der Waals surface area (Å²) in [4.78, 5) is 24.7. The highest BCUT2D eigenvalue weighted by Crippen LogP contribution is 2.15. The van der Waals surface area contributed by atoms with Crippen LogP contribution in [0.5, 0.6) is 0 Å². The molecule has 0 saturated carbocycles. The number of rotatable bonds is 5. The Morgan fingerprint density at radius 2 is 1.86 bits per heavy atom. The highest BCUT2D eigenvalue weighted by atomic mass is 32.2. The summed E-state index contributed by atoms with van der Waals surface area (Å²) >= 11 is 1.59. The first-order valence-corrected chi connectivity index (χ1v) is 7.98. The molecule has 0 saturated heterocycles. The Labute approximate surface area is 133 Å². The second-order valence-electron chi connectivity index (χ2n) is 4.72. The van der Waals surface area contributed by atoms with Crippen LogP contribution in [0.4, 0.5) is 5.69 Å². The molecule has 1 amide bonds. The van der Waals surface area contributed by atoms with Gasteiger partial charge in [-0.1, -0.05) is 12.1 Å². The van der Waals surface area contributed by atoms with Crippen LogP contribution in [0.1, 0.15) is 15.9 Å². The highest BCUT2D eigenvalue weighted by Gasteiger charge is 2.10. The largest absolute Gasteiger partial charge is 0.452 e. The summed E-state index contributed by atoms with van der Waals surface area (Å²) in [6.45, 7) is 1.63. The van der Waals surface area contributed by atoms with Crippen molar-refractivity contribution in [2.24, 2.45) is 0 Å². The van der Waals surface area contributed by atoms with E-state index in [0.29, 0.717) is 11.3 Å². The van der Waals surface area contributed by atoms with E-state index in [1.54, 1.807) is 30.0 Å². The van der Waals surface area contributed by atoms with Crippen LogP contribution in [0.2, 0.25) is 0 Å². The van der Waals surface area contributed by atoms with Crippen molar-refractivity contribution in [3.8, 4) is 0 Å². The Hall–Kier alpha value is -2.27. The highest BCUT2D eigenvalue weighted by molar-refractivity contribution is 7.98. The Morgan fingerprint density at radius 1 is 1.14 bits per heavy atom. The van der Waals surface area contributed by atoms with Gasteiger partial charge in [0, 0.05) is 10.6 Å². The molecular formula is C17H17NO3S. The van der Waals surface area contributed by atoms with Gasteiger partial charge in [0.25, 0.3) is 5.91 Å². The third-order valence-electron chi connectivity index (χ3n) is 2.96. The van der Waals surface area contributed by atoms with Crippen LogP contribution in [-0.2, 0) is 9.53 Å². The zero-order valence-electron chi connectivity index (χ0n) is 12.5. The first-order chi connectivity index (χ1) is 10.6. The van der Waals surface area contributed by atoms with E-state index < -0.39 is 5.97 Å². The molecule has 4 nitrogen and oxygen atoms in total. The van der Waals surface area contributed by atoms with E-state index in [9.17, 15) is 9.59 Å². The zero-order chi connectivity index (χ0) is 15.9. The molecule has 0 radical (unpaired) electrons. The van der Waals surface area contributed by atoms with Crippen molar-refractivity contribution in [1.82, 2.24) is 0 Å². The van der Waals surface area contributed by atoms with E-state index >= 15 is 0 Å². The summed E-state index contributed by atoms with van der Waals surface area (Å²) in [6.07, 6.45) is 1.96. The van der Waals surface area contributed by atoms with E-state index in [1.807, 2.05) is 43.5 Å². The molecule has 22 heavy (non-hydrogen) atoms. The van der Waals surface area contributed by atoms with Crippen molar-refractivity contribution in [1.29, 1.82) is 0 Å². The van der Waals surface area contributed by atoms with Crippen molar-refractivity contribution in [2.45, 2.75) is 11.8 Å². The van der Waals surface area contributed by atoms with Gasteiger partial charge in [0.05, 0.1) is 5.56 Å². The molecule has 2 rings (SSSR count). The molecule has 0 fully saturated rings. The van der Waals surface area contributed by atoms with Gasteiger partial charge in [0.15, 0.2) is 6.61 Å². The van der Waals surface area contributed by atoms with Crippen molar-refractivity contribution >= 4 is 29.3 Å². The van der Waals surface area contributed by atoms with Crippen LogP contribution in [0.25, 0.3) is 0 Å². The van der Waals surface area contributed by atoms with Crippen LogP contribution < -0.4 is 5.32 Å². The average Bonchev–Trinajstić information content (AvgIpc) is 2.52. The fourth-order valence-corrected chi connectivity index (χ4v) is 2.27. The van der Waals surface area contributed by atoms with Crippen molar-refractivity contribution in [2.75, 3.05) is 18.2 Å². The van der Waals surface area contributed by atoms with Crippen molar-refractivity contribution in [3.05, 3.63) is 59.7 Å². The molecule has 0 spiro atoms. The normalized spacial score (nSPS) is 10.1. The zero-order valence-corrected chi connectivity index (χ0v) is 13.3. The van der Waals surface area contributed by atoms with Crippen LogP contribution in [0.3, 0.4) is 0 Å². The maximum atomic E-state index is 11.8. The Kier molecular flexibility index (Phi) is 5.61. The van der Waals surface area contributed by atoms with Gasteiger partial charge in [-0.25, -0.2) is 4.79 Å². The van der Waals surface area contributed by atoms with Crippen molar-refractivity contribution < 1.29 is 14.3 Å². The molecule has 0 heterocycles. The molecule has 0 aliphatic heterocycles. The molecular weight excluding hydrogens is 298 g/mol. The van der Waals surface area contributed by atoms with E-state index in [2.05, 4.69) is 5.32 Å². The number of ether oxygens (including phenoxy) is 1. The Morgan fingerprint density at radius 3 is 2.50 bits per heavy atom. The summed E-state index contributed by atoms with van der Waals surface area (Å²) in [7, 11) is 0. The number of hydrogen-bond acceptors (Lipinski definition) is 4. The molecule has 0 unspecified atom stereocenters. The first kappa shape index (κ1) is 16.1. The van der Waals surface area contributed by atoms with E-state index in [-0.39, 0.29) is 12.5 Å². The lowest BCUT2D eigenvalue weighted by Gasteiger charge is -2.07. The number of thioether (sulfide) groups is 1. The minimum atomic E-state index is -0.507. The lowest BCUT2D eigenvalue weighted by Crippen LogP contribution is -2.20. The van der Waals surface area contributed by atoms with Gasteiger partial charge >= 0.3 is 5.97 Å². The SMILES string of the molecule is CSc1ccc(C(=O)OCC(=O)Nc2cccc(C)c2)cc1. The third-order valence-corrected chi connectivity index (χ3v) is 3.71. The summed E-state index contributed by atoms with van der Waals surface area (Å²) in [5.41, 5.74) is 2.16. The molecule has 114 valence electrons. The molecule has 1 N–H and O–H groups in total. The van der Waals surface area contributed by atoms with Gasteiger partial charge in [0.1, 0.15) is 0 Å². The number of carbonyl (C=O) groups is 2. The fraction of sp³-hybridized carbons (Fsp3) is 0.176. The third kappa shape index (κ3) is 4.63. The predicted octanol–water partition coefficient (Wildman–Crippen LogP) is 3.51. The van der Waals surface area contributed by atoms with Gasteiger partial charge in [-0.2, -0.15) is 0 Å². The summed E-state index contributed by atoms with van der Waals surface area (Å²) < 4.78 is 5.01. The molecule has 0 atom stereocenters. The van der Waals surface area contributed by atoms with Crippen molar-refractivity contribution in [3.63, 3.8) is 0 Å². The van der Waals surface area contributed by atoms with Gasteiger partial charge in [-0.3, -0.25) is 4.79 Å². The van der Waals surface area contributed by atoms with Gasteiger partial charge in [-0.15, -0.1) is 11.8 Å². The number of aryl methyl sites for hydroxylation is 1. The van der Waals surface area contributed by atoms with E-state index in [0.717, 1.165) is 10.5 Å². The van der Waals surface area contributed by atoms with Crippen LogP contribution in [0.15, 0.2) is 53.4 Å². The molecule has 0 aromatic heterocycles.